The van der Waals surface area contributed by atoms with E-state index in [4.69, 9.17) is 0 Å². The van der Waals surface area contributed by atoms with Crippen LogP contribution >= 0.6 is 0 Å². The van der Waals surface area contributed by atoms with Crippen molar-refractivity contribution in [3.05, 3.63) is 35.0 Å². The second-order valence-electron chi connectivity index (χ2n) is 6.57. The van der Waals surface area contributed by atoms with E-state index >= 15 is 0 Å². The first-order valence-electron chi connectivity index (χ1n) is 8.33. The van der Waals surface area contributed by atoms with Crippen LogP contribution in [-0.2, 0) is 19.4 Å². The number of anilines is 1. The lowest BCUT2D eigenvalue weighted by atomic mass is 10.2. The molecule has 4 rings (SSSR count). The average Bonchev–Trinajstić information content (AvgIpc) is 3.20. The molecule has 116 valence electrons. The largest absolute Gasteiger partial charge is 0.351 e. The van der Waals surface area contributed by atoms with Crippen LogP contribution in [0.3, 0.4) is 0 Å². The van der Waals surface area contributed by atoms with Gasteiger partial charge in [0.25, 0.3) is 0 Å². The zero-order chi connectivity index (χ0) is 15.1. The average molecular weight is 297 g/mol. The van der Waals surface area contributed by atoms with Gasteiger partial charge in [-0.2, -0.15) is 5.10 Å². The molecule has 3 heterocycles. The zero-order valence-corrected chi connectivity index (χ0v) is 13.4. The molecule has 0 spiro atoms. The van der Waals surface area contributed by atoms with Crippen LogP contribution in [0.25, 0.3) is 0 Å². The van der Waals surface area contributed by atoms with Crippen molar-refractivity contribution in [2.45, 2.75) is 58.5 Å². The van der Waals surface area contributed by atoms with Gasteiger partial charge in [-0.15, -0.1) is 0 Å². The maximum Gasteiger partial charge on any atom is 0.135 e. The minimum absolute atomic E-state index is 0.498. The van der Waals surface area contributed by atoms with Gasteiger partial charge in [-0.3, -0.25) is 4.68 Å². The SMILES string of the molecule is Cc1cc(C)n(C[C@H]2CCCN2c2ncnc3c2CCC3)n1. The van der Waals surface area contributed by atoms with Crippen LogP contribution in [0.4, 0.5) is 5.82 Å². The van der Waals surface area contributed by atoms with E-state index in [9.17, 15) is 0 Å². The molecule has 2 aliphatic rings. The lowest BCUT2D eigenvalue weighted by Gasteiger charge is -2.27. The highest BCUT2D eigenvalue weighted by molar-refractivity contribution is 5.52. The number of fused-ring (bicyclic) bond motifs is 1. The smallest absolute Gasteiger partial charge is 0.135 e. The molecule has 2 aromatic heterocycles. The molecule has 0 N–H and O–H groups in total. The van der Waals surface area contributed by atoms with Crippen molar-refractivity contribution in [2.75, 3.05) is 11.4 Å². The predicted octanol–water partition coefficient (Wildman–Crippen LogP) is 2.45. The van der Waals surface area contributed by atoms with Gasteiger partial charge in [-0.1, -0.05) is 0 Å². The van der Waals surface area contributed by atoms with Gasteiger partial charge in [0.2, 0.25) is 0 Å². The Hall–Kier alpha value is -1.91. The third-order valence-corrected chi connectivity index (χ3v) is 4.99. The Morgan fingerprint density at radius 2 is 2.09 bits per heavy atom. The van der Waals surface area contributed by atoms with Crippen molar-refractivity contribution in [1.82, 2.24) is 19.7 Å². The fourth-order valence-electron chi connectivity index (χ4n) is 3.95. The monoisotopic (exact) mass is 297 g/mol. The molecule has 1 aliphatic carbocycles. The normalized spacial score (nSPS) is 20.6. The predicted molar refractivity (Wildman–Crippen MR) is 86.1 cm³/mol. The Morgan fingerprint density at radius 1 is 1.18 bits per heavy atom. The van der Waals surface area contributed by atoms with Crippen molar-refractivity contribution in [1.29, 1.82) is 0 Å². The summed E-state index contributed by atoms with van der Waals surface area (Å²) in [5.41, 5.74) is 5.01. The van der Waals surface area contributed by atoms with Crippen molar-refractivity contribution in [3.8, 4) is 0 Å². The first-order chi connectivity index (χ1) is 10.7. The molecule has 5 heteroatoms. The van der Waals surface area contributed by atoms with E-state index in [0.717, 1.165) is 31.6 Å². The Labute approximate surface area is 131 Å². The molecule has 1 saturated heterocycles. The van der Waals surface area contributed by atoms with E-state index in [2.05, 4.69) is 44.6 Å². The number of aromatic nitrogens is 4. The van der Waals surface area contributed by atoms with E-state index < -0.39 is 0 Å². The summed E-state index contributed by atoms with van der Waals surface area (Å²) in [5.74, 6) is 1.19. The quantitative estimate of drug-likeness (QED) is 0.873. The maximum atomic E-state index is 4.64. The maximum absolute atomic E-state index is 4.64. The molecule has 0 unspecified atom stereocenters. The van der Waals surface area contributed by atoms with Gasteiger partial charge >= 0.3 is 0 Å². The van der Waals surface area contributed by atoms with Crippen LogP contribution in [-0.4, -0.2) is 32.3 Å². The number of nitrogens with zero attached hydrogens (tertiary/aromatic N) is 5. The second kappa shape index (κ2) is 5.38. The highest BCUT2D eigenvalue weighted by atomic mass is 15.3. The summed E-state index contributed by atoms with van der Waals surface area (Å²) in [6.07, 6.45) is 7.67. The number of hydrogen-bond acceptors (Lipinski definition) is 4. The molecule has 2 aromatic rings. The van der Waals surface area contributed by atoms with Gasteiger partial charge < -0.3 is 4.90 Å². The summed E-state index contributed by atoms with van der Waals surface area (Å²) >= 11 is 0. The van der Waals surface area contributed by atoms with Gasteiger partial charge in [-0.25, -0.2) is 9.97 Å². The third kappa shape index (κ3) is 2.28. The molecule has 1 aliphatic heterocycles. The molecule has 1 fully saturated rings. The summed E-state index contributed by atoms with van der Waals surface area (Å²) in [6.45, 7) is 6.26. The first-order valence-corrected chi connectivity index (χ1v) is 8.33. The van der Waals surface area contributed by atoms with Crippen LogP contribution in [0, 0.1) is 13.8 Å². The molecule has 22 heavy (non-hydrogen) atoms. The molecule has 0 aromatic carbocycles. The standard InChI is InChI=1S/C17H23N5/c1-12-9-13(2)22(20-12)10-14-5-4-8-21(14)17-15-6-3-7-16(15)18-11-19-17/h9,11,14H,3-8,10H2,1-2H3/t14-/m1/s1. The molecular formula is C17H23N5. The lowest BCUT2D eigenvalue weighted by Crippen LogP contribution is -2.35. The Bertz CT molecular complexity index is 690. The summed E-state index contributed by atoms with van der Waals surface area (Å²) in [4.78, 5) is 11.6. The zero-order valence-electron chi connectivity index (χ0n) is 13.4. The fraction of sp³-hybridized carbons (Fsp3) is 0.588. The van der Waals surface area contributed by atoms with Crippen LogP contribution in [0.5, 0.6) is 0 Å². The van der Waals surface area contributed by atoms with E-state index in [1.54, 1.807) is 6.33 Å². The summed E-state index contributed by atoms with van der Waals surface area (Å²) in [6, 6.07) is 2.65. The lowest BCUT2D eigenvalue weighted by molar-refractivity contribution is 0.496. The number of hydrogen-bond donors (Lipinski definition) is 0. The van der Waals surface area contributed by atoms with E-state index in [0.29, 0.717) is 6.04 Å². The number of aryl methyl sites for hydroxylation is 3. The minimum Gasteiger partial charge on any atom is -0.351 e. The van der Waals surface area contributed by atoms with Crippen molar-refractivity contribution in [2.24, 2.45) is 0 Å². The van der Waals surface area contributed by atoms with Gasteiger partial charge in [0.15, 0.2) is 0 Å². The summed E-state index contributed by atoms with van der Waals surface area (Å²) in [7, 11) is 0. The molecular weight excluding hydrogens is 274 g/mol. The van der Waals surface area contributed by atoms with Gasteiger partial charge in [0, 0.05) is 23.5 Å². The van der Waals surface area contributed by atoms with E-state index in [1.165, 1.54) is 42.0 Å². The van der Waals surface area contributed by atoms with Crippen molar-refractivity contribution in [3.63, 3.8) is 0 Å². The Balaban J connectivity index is 1.62. The van der Waals surface area contributed by atoms with Crippen LogP contribution in [0.1, 0.15) is 41.9 Å². The van der Waals surface area contributed by atoms with Crippen LogP contribution in [0.2, 0.25) is 0 Å². The third-order valence-electron chi connectivity index (χ3n) is 4.99. The Morgan fingerprint density at radius 3 is 2.91 bits per heavy atom. The van der Waals surface area contributed by atoms with Crippen LogP contribution < -0.4 is 4.90 Å². The summed E-state index contributed by atoms with van der Waals surface area (Å²) < 4.78 is 2.15. The second-order valence-corrected chi connectivity index (χ2v) is 6.57. The van der Waals surface area contributed by atoms with Gasteiger partial charge in [0.1, 0.15) is 12.1 Å². The van der Waals surface area contributed by atoms with E-state index in [1.807, 2.05) is 0 Å². The van der Waals surface area contributed by atoms with Gasteiger partial charge in [-0.05, 0) is 52.0 Å². The first kappa shape index (κ1) is 13.7. The molecule has 0 radical (unpaired) electrons. The van der Waals surface area contributed by atoms with Crippen molar-refractivity contribution < 1.29 is 0 Å². The Kier molecular flexibility index (Phi) is 3.36. The van der Waals surface area contributed by atoms with Crippen molar-refractivity contribution >= 4 is 5.82 Å². The molecule has 0 amide bonds. The molecule has 1 atom stereocenters. The minimum atomic E-state index is 0.498. The molecule has 5 nitrogen and oxygen atoms in total. The fourth-order valence-corrected chi connectivity index (χ4v) is 3.95. The summed E-state index contributed by atoms with van der Waals surface area (Å²) in [5, 5.41) is 4.63. The topological polar surface area (TPSA) is 46.8 Å². The highest BCUT2D eigenvalue weighted by Crippen LogP contribution is 2.32. The number of rotatable bonds is 3. The van der Waals surface area contributed by atoms with Gasteiger partial charge in [0.05, 0.1) is 18.3 Å². The van der Waals surface area contributed by atoms with Crippen LogP contribution in [0.15, 0.2) is 12.4 Å². The van der Waals surface area contributed by atoms with E-state index in [-0.39, 0.29) is 0 Å². The molecule has 0 saturated carbocycles. The highest BCUT2D eigenvalue weighted by Gasteiger charge is 2.30. The molecule has 0 bridgehead atoms.